The van der Waals surface area contributed by atoms with Crippen LogP contribution in [0.2, 0.25) is 0 Å². The summed E-state index contributed by atoms with van der Waals surface area (Å²) >= 11 is 3.14. The average molecular weight is 464 g/mol. The molecule has 1 saturated heterocycles. The third-order valence-corrected chi connectivity index (χ3v) is 7.30. The molecule has 0 saturated carbocycles. The number of carbonyl (C=O) groups excluding carboxylic acids is 2. The highest BCUT2D eigenvalue weighted by Gasteiger charge is 2.33. The molecule has 31 heavy (non-hydrogen) atoms. The number of benzene rings is 1. The number of hydrogen-bond acceptors (Lipinski definition) is 5. The average Bonchev–Trinajstić information content (AvgIpc) is 3.29. The summed E-state index contributed by atoms with van der Waals surface area (Å²) in [5.41, 5.74) is 3.19. The van der Waals surface area contributed by atoms with E-state index in [1.165, 1.54) is 17.4 Å². The second-order valence-electron chi connectivity index (χ2n) is 7.99. The van der Waals surface area contributed by atoms with Gasteiger partial charge < -0.3 is 9.80 Å². The van der Waals surface area contributed by atoms with Gasteiger partial charge in [0, 0.05) is 43.7 Å². The second kappa shape index (κ2) is 11.6. The molecule has 0 N–H and O–H groups in total. The van der Waals surface area contributed by atoms with Gasteiger partial charge in [-0.1, -0.05) is 18.2 Å². The molecule has 2 aromatic rings. The van der Waals surface area contributed by atoms with Crippen LogP contribution in [0.15, 0.2) is 35.2 Å². The number of aromatic nitrogens is 1. The lowest BCUT2D eigenvalue weighted by Crippen LogP contribution is -2.48. The quantitative estimate of drug-likeness (QED) is 0.566. The fraction of sp³-hybridized carbons (Fsp3) is 0.522. The maximum absolute atomic E-state index is 14.4. The van der Waals surface area contributed by atoms with E-state index in [4.69, 9.17) is 0 Å². The van der Waals surface area contributed by atoms with Crippen molar-refractivity contribution in [3.8, 4) is 0 Å². The molecule has 3 rings (SSSR count). The summed E-state index contributed by atoms with van der Waals surface area (Å²) in [5.74, 6) is 0.968. The summed E-state index contributed by atoms with van der Waals surface area (Å²) < 4.78 is 14.4. The predicted octanol–water partition coefficient (Wildman–Crippen LogP) is 3.89. The van der Waals surface area contributed by atoms with Gasteiger partial charge in [-0.2, -0.15) is 11.8 Å². The molecular weight excluding hydrogens is 433 g/mol. The number of carbonyl (C=O) groups is 2. The summed E-state index contributed by atoms with van der Waals surface area (Å²) in [6.45, 7) is 1.32. The lowest BCUT2D eigenvalue weighted by atomic mass is 9.84. The van der Waals surface area contributed by atoms with Crippen molar-refractivity contribution in [2.45, 2.75) is 38.1 Å². The van der Waals surface area contributed by atoms with Crippen LogP contribution in [-0.4, -0.2) is 64.8 Å². The molecule has 168 valence electrons. The SMILES string of the molecule is CSCCC(=O)N(C)C(Cc1ccccc1F)C1CCN(C(=O)Cc2cscn2)CC1. The Morgan fingerprint density at radius 1 is 1.32 bits per heavy atom. The van der Waals surface area contributed by atoms with Crippen molar-refractivity contribution in [3.63, 3.8) is 0 Å². The standard InChI is InChI=1S/C23H30FN3O2S2/c1-26(22(28)9-12-30-2)21(13-18-5-3-4-6-20(18)24)17-7-10-27(11-8-17)23(29)14-19-15-31-16-25-19/h3-6,15-17,21H,7-14H2,1-2H3. The molecule has 1 unspecified atom stereocenters. The lowest BCUT2D eigenvalue weighted by molar-refractivity contribution is -0.135. The first-order chi connectivity index (χ1) is 15.0. The van der Waals surface area contributed by atoms with Gasteiger partial charge in [0.15, 0.2) is 0 Å². The summed E-state index contributed by atoms with van der Waals surface area (Å²) in [7, 11) is 1.84. The summed E-state index contributed by atoms with van der Waals surface area (Å²) in [6.07, 6.45) is 4.91. The Kier molecular flexibility index (Phi) is 8.90. The monoisotopic (exact) mass is 463 g/mol. The molecule has 1 atom stereocenters. The number of rotatable bonds is 9. The summed E-state index contributed by atoms with van der Waals surface area (Å²) in [5, 5.41) is 1.91. The number of piperidine rings is 1. The van der Waals surface area contributed by atoms with E-state index in [1.54, 1.807) is 29.4 Å². The fourth-order valence-electron chi connectivity index (χ4n) is 4.18. The number of nitrogens with zero attached hydrogens (tertiary/aromatic N) is 3. The number of amides is 2. The van der Waals surface area contributed by atoms with Gasteiger partial charge in [0.25, 0.3) is 0 Å². The van der Waals surface area contributed by atoms with E-state index in [1.807, 2.05) is 34.5 Å². The van der Waals surface area contributed by atoms with Crippen LogP contribution in [-0.2, 0) is 22.4 Å². The highest BCUT2D eigenvalue weighted by atomic mass is 32.2. The van der Waals surface area contributed by atoms with E-state index in [-0.39, 0.29) is 29.6 Å². The maximum Gasteiger partial charge on any atom is 0.228 e. The zero-order valence-electron chi connectivity index (χ0n) is 18.1. The third-order valence-electron chi connectivity index (χ3n) is 6.05. The Balaban J connectivity index is 1.66. The van der Waals surface area contributed by atoms with Crippen molar-refractivity contribution < 1.29 is 14.0 Å². The minimum atomic E-state index is -0.228. The van der Waals surface area contributed by atoms with E-state index in [0.29, 0.717) is 37.9 Å². The van der Waals surface area contributed by atoms with Crippen LogP contribution < -0.4 is 0 Å². The van der Waals surface area contributed by atoms with Crippen LogP contribution >= 0.6 is 23.1 Å². The third kappa shape index (κ3) is 6.53. The van der Waals surface area contributed by atoms with E-state index in [2.05, 4.69) is 4.98 Å². The molecule has 0 bridgehead atoms. The van der Waals surface area contributed by atoms with Gasteiger partial charge >= 0.3 is 0 Å². The molecule has 8 heteroatoms. The van der Waals surface area contributed by atoms with Gasteiger partial charge in [0.1, 0.15) is 5.82 Å². The molecule has 1 fully saturated rings. The van der Waals surface area contributed by atoms with E-state index < -0.39 is 0 Å². The smallest absolute Gasteiger partial charge is 0.228 e. The van der Waals surface area contributed by atoms with Gasteiger partial charge in [-0.25, -0.2) is 9.37 Å². The van der Waals surface area contributed by atoms with Crippen LogP contribution in [0, 0.1) is 11.7 Å². The zero-order chi connectivity index (χ0) is 22.2. The molecule has 0 aliphatic carbocycles. The molecule has 0 radical (unpaired) electrons. The van der Waals surface area contributed by atoms with Crippen LogP contribution in [0.5, 0.6) is 0 Å². The lowest BCUT2D eigenvalue weighted by Gasteiger charge is -2.40. The Morgan fingerprint density at radius 2 is 2.06 bits per heavy atom. The molecular formula is C23H30FN3O2S2. The van der Waals surface area contributed by atoms with Crippen molar-refractivity contribution in [1.82, 2.24) is 14.8 Å². The number of thiazole rings is 1. The van der Waals surface area contributed by atoms with Gasteiger partial charge in [-0.15, -0.1) is 11.3 Å². The van der Waals surface area contributed by atoms with Gasteiger partial charge in [0.2, 0.25) is 11.8 Å². The molecule has 1 aromatic heterocycles. The van der Waals surface area contributed by atoms with Gasteiger partial charge in [0.05, 0.1) is 17.6 Å². The topological polar surface area (TPSA) is 53.5 Å². The normalized spacial score (nSPS) is 15.6. The first-order valence-corrected chi connectivity index (χ1v) is 13.0. The Morgan fingerprint density at radius 3 is 2.71 bits per heavy atom. The van der Waals surface area contributed by atoms with Gasteiger partial charge in [-0.05, 0) is 43.1 Å². The van der Waals surface area contributed by atoms with E-state index in [9.17, 15) is 14.0 Å². The summed E-state index contributed by atoms with van der Waals surface area (Å²) in [6, 6.07) is 6.72. The fourth-order valence-corrected chi connectivity index (χ4v) is 5.12. The van der Waals surface area contributed by atoms with Gasteiger partial charge in [-0.3, -0.25) is 9.59 Å². The molecule has 0 spiro atoms. The number of likely N-dealkylation sites (tertiary alicyclic amines) is 1. The molecule has 2 amide bonds. The van der Waals surface area contributed by atoms with Crippen molar-refractivity contribution in [2.75, 3.05) is 32.1 Å². The molecule has 1 aliphatic rings. The van der Waals surface area contributed by atoms with Crippen molar-refractivity contribution in [1.29, 1.82) is 0 Å². The first-order valence-electron chi connectivity index (χ1n) is 10.6. The highest BCUT2D eigenvalue weighted by Crippen LogP contribution is 2.28. The van der Waals surface area contributed by atoms with Crippen LogP contribution in [0.25, 0.3) is 0 Å². The van der Waals surface area contributed by atoms with Crippen molar-refractivity contribution >= 4 is 34.9 Å². The van der Waals surface area contributed by atoms with Crippen LogP contribution in [0.1, 0.15) is 30.5 Å². The summed E-state index contributed by atoms with van der Waals surface area (Å²) in [4.78, 5) is 33.3. The Hall–Kier alpha value is -1.93. The first kappa shape index (κ1) is 23.7. The minimum Gasteiger partial charge on any atom is -0.342 e. The molecule has 1 aliphatic heterocycles. The highest BCUT2D eigenvalue weighted by molar-refractivity contribution is 7.98. The zero-order valence-corrected chi connectivity index (χ0v) is 19.8. The minimum absolute atomic E-state index is 0.0814. The van der Waals surface area contributed by atoms with E-state index >= 15 is 0 Å². The number of halogens is 1. The second-order valence-corrected chi connectivity index (χ2v) is 9.69. The number of likely N-dealkylation sites (N-methyl/N-ethyl adjacent to an activating group) is 1. The van der Waals surface area contributed by atoms with E-state index in [0.717, 1.165) is 24.3 Å². The molecule has 2 heterocycles. The largest absolute Gasteiger partial charge is 0.342 e. The molecule has 1 aromatic carbocycles. The number of thioether (sulfide) groups is 1. The number of hydrogen-bond donors (Lipinski definition) is 0. The Labute approximate surface area is 192 Å². The van der Waals surface area contributed by atoms with Crippen LogP contribution in [0.3, 0.4) is 0 Å². The molecule has 5 nitrogen and oxygen atoms in total. The Bertz CT molecular complexity index is 854. The van der Waals surface area contributed by atoms with Crippen LogP contribution in [0.4, 0.5) is 4.39 Å². The predicted molar refractivity (Wildman–Crippen MR) is 125 cm³/mol. The maximum atomic E-state index is 14.4. The van der Waals surface area contributed by atoms with Crippen molar-refractivity contribution in [3.05, 3.63) is 52.2 Å². The van der Waals surface area contributed by atoms with Crippen molar-refractivity contribution in [2.24, 2.45) is 5.92 Å².